The monoisotopic (exact) mass is 255 g/mol. The van der Waals surface area contributed by atoms with Crippen molar-refractivity contribution in [2.24, 2.45) is 0 Å². The average Bonchev–Trinajstić information content (AvgIpc) is 2.78. The van der Waals surface area contributed by atoms with Gasteiger partial charge >= 0.3 is 0 Å². The van der Waals surface area contributed by atoms with Crippen LogP contribution in [-0.2, 0) is 22.5 Å². The van der Waals surface area contributed by atoms with Crippen LogP contribution in [0.5, 0.6) is 0 Å². The van der Waals surface area contributed by atoms with E-state index in [1.165, 1.54) is 0 Å². The second kappa shape index (κ2) is 6.82. The van der Waals surface area contributed by atoms with Gasteiger partial charge in [0.15, 0.2) is 5.82 Å². The molecule has 0 radical (unpaired) electrons. The van der Waals surface area contributed by atoms with Crippen LogP contribution < -0.4 is 5.32 Å². The molecular weight excluding hydrogens is 234 g/mol. The van der Waals surface area contributed by atoms with Crippen LogP contribution in [0.4, 0.5) is 0 Å². The lowest BCUT2D eigenvalue weighted by atomic mass is 10.2. The molecule has 1 aromatic heterocycles. The van der Waals surface area contributed by atoms with Crippen molar-refractivity contribution in [3.05, 3.63) is 11.7 Å². The van der Waals surface area contributed by atoms with Crippen LogP contribution in [0.25, 0.3) is 0 Å². The molecule has 2 atom stereocenters. The lowest BCUT2D eigenvalue weighted by Crippen LogP contribution is -2.45. The van der Waals surface area contributed by atoms with E-state index in [-0.39, 0.29) is 12.2 Å². The molecule has 1 aliphatic rings. The first-order chi connectivity index (χ1) is 8.78. The summed E-state index contributed by atoms with van der Waals surface area (Å²) >= 11 is 0. The summed E-state index contributed by atoms with van der Waals surface area (Å²) in [5, 5.41) is 7.16. The minimum Gasteiger partial charge on any atom is -0.371 e. The van der Waals surface area contributed by atoms with Crippen molar-refractivity contribution < 1.29 is 14.0 Å². The molecule has 1 N–H and O–H groups in total. The Labute approximate surface area is 107 Å². The first-order valence-corrected chi connectivity index (χ1v) is 6.53. The summed E-state index contributed by atoms with van der Waals surface area (Å²) in [7, 11) is 0. The largest absolute Gasteiger partial charge is 0.371 e. The van der Waals surface area contributed by atoms with Gasteiger partial charge in [-0.25, -0.2) is 0 Å². The highest BCUT2D eigenvalue weighted by atomic mass is 16.5. The van der Waals surface area contributed by atoms with Crippen molar-refractivity contribution in [1.82, 2.24) is 15.5 Å². The SMILES string of the molecule is CCCc1nc(COCC2CNCC(C)O2)no1. The minimum atomic E-state index is 0.107. The molecule has 2 heterocycles. The topological polar surface area (TPSA) is 69.4 Å². The summed E-state index contributed by atoms with van der Waals surface area (Å²) in [6.45, 7) is 6.79. The van der Waals surface area contributed by atoms with E-state index < -0.39 is 0 Å². The number of rotatable bonds is 6. The van der Waals surface area contributed by atoms with Crippen LogP contribution in [-0.4, -0.2) is 42.0 Å². The first kappa shape index (κ1) is 13.5. The molecule has 6 heteroatoms. The Balaban J connectivity index is 1.67. The smallest absolute Gasteiger partial charge is 0.226 e. The Morgan fingerprint density at radius 1 is 1.44 bits per heavy atom. The number of aromatic nitrogens is 2. The number of ether oxygens (including phenoxy) is 2. The van der Waals surface area contributed by atoms with Gasteiger partial charge in [0.2, 0.25) is 5.89 Å². The van der Waals surface area contributed by atoms with Crippen LogP contribution in [0.3, 0.4) is 0 Å². The van der Waals surface area contributed by atoms with Crippen LogP contribution in [0.15, 0.2) is 4.52 Å². The molecule has 0 amide bonds. The number of nitrogens with one attached hydrogen (secondary N) is 1. The third kappa shape index (κ3) is 4.04. The highest BCUT2D eigenvalue weighted by Gasteiger charge is 2.18. The number of morpholine rings is 1. The zero-order chi connectivity index (χ0) is 12.8. The molecule has 0 aromatic carbocycles. The Kier molecular flexibility index (Phi) is 5.10. The van der Waals surface area contributed by atoms with Crippen molar-refractivity contribution in [2.75, 3.05) is 19.7 Å². The quantitative estimate of drug-likeness (QED) is 0.815. The molecule has 102 valence electrons. The Morgan fingerprint density at radius 2 is 2.33 bits per heavy atom. The van der Waals surface area contributed by atoms with E-state index in [2.05, 4.69) is 29.3 Å². The van der Waals surface area contributed by atoms with Crippen molar-refractivity contribution in [2.45, 2.75) is 45.5 Å². The molecule has 6 nitrogen and oxygen atoms in total. The van der Waals surface area contributed by atoms with Crippen LogP contribution >= 0.6 is 0 Å². The van der Waals surface area contributed by atoms with Crippen molar-refractivity contribution in [1.29, 1.82) is 0 Å². The van der Waals surface area contributed by atoms with Crippen LogP contribution in [0, 0.1) is 0 Å². The molecular formula is C12H21N3O3. The summed E-state index contributed by atoms with van der Waals surface area (Å²) in [5.41, 5.74) is 0. The third-order valence-electron chi connectivity index (χ3n) is 2.74. The highest BCUT2D eigenvalue weighted by Crippen LogP contribution is 2.06. The zero-order valence-electron chi connectivity index (χ0n) is 11.0. The summed E-state index contributed by atoms with van der Waals surface area (Å²) in [6, 6.07) is 0. The summed E-state index contributed by atoms with van der Waals surface area (Å²) in [6.07, 6.45) is 2.17. The predicted octanol–water partition coefficient (Wildman–Crippen LogP) is 0.916. The molecule has 0 aliphatic carbocycles. The number of hydrogen-bond acceptors (Lipinski definition) is 6. The van der Waals surface area contributed by atoms with Crippen molar-refractivity contribution >= 4 is 0 Å². The van der Waals surface area contributed by atoms with E-state index in [9.17, 15) is 0 Å². The van der Waals surface area contributed by atoms with Gasteiger partial charge in [-0.2, -0.15) is 4.98 Å². The fraction of sp³-hybridized carbons (Fsp3) is 0.833. The molecule has 1 aliphatic heterocycles. The van der Waals surface area contributed by atoms with Gasteiger partial charge in [0.05, 0.1) is 18.8 Å². The highest BCUT2D eigenvalue weighted by molar-refractivity contribution is 4.84. The van der Waals surface area contributed by atoms with Gasteiger partial charge in [-0.15, -0.1) is 0 Å². The van der Waals surface area contributed by atoms with Gasteiger partial charge in [0.1, 0.15) is 6.61 Å². The maximum Gasteiger partial charge on any atom is 0.226 e. The van der Waals surface area contributed by atoms with E-state index >= 15 is 0 Å². The Hall–Kier alpha value is -0.980. The first-order valence-electron chi connectivity index (χ1n) is 6.53. The Bertz CT molecular complexity index is 356. The fourth-order valence-corrected chi connectivity index (χ4v) is 1.92. The zero-order valence-corrected chi connectivity index (χ0v) is 11.0. The molecule has 2 rings (SSSR count). The van der Waals surface area contributed by atoms with Gasteiger partial charge < -0.3 is 19.3 Å². The second-order valence-electron chi connectivity index (χ2n) is 4.60. The van der Waals surface area contributed by atoms with Crippen LogP contribution in [0.1, 0.15) is 32.0 Å². The van der Waals surface area contributed by atoms with E-state index in [0.29, 0.717) is 24.9 Å². The lowest BCUT2D eigenvalue weighted by molar-refractivity contribution is -0.0725. The minimum absolute atomic E-state index is 0.107. The molecule has 0 bridgehead atoms. The molecule has 1 fully saturated rings. The Morgan fingerprint density at radius 3 is 3.11 bits per heavy atom. The maximum absolute atomic E-state index is 5.72. The van der Waals surface area contributed by atoms with Gasteiger partial charge in [0, 0.05) is 19.5 Å². The van der Waals surface area contributed by atoms with Crippen molar-refractivity contribution in [3.8, 4) is 0 Å². The average molecular weight is 255 g/mol. The predicted molar refractivity (Wildman–Crippen MR) is 65.2 cm³/mol. The van der Waals surface area contributed by atoms with E-state index in [1.807, 2.05) is 0 Å². The van der Waals surface area contributed by atoms with Gasteiger partial charge in [-0.05, 0) is 13.3 Å². The third-order valence-corrected chi connectivity index (χ3v) is 2.74. The van der Waals surface area contributed by atoms with E-state index in [1.54, 1.807) is 0 Å². The fourth-order valence-electron chi connectivity index (χ4n) is 1.92. The molecule has 2 unspecified atom stereocenters. The van der Waals surface area contributed by atoms with Gasteiger partial charge in [0.25, 0.3) is 0 Å². The van der Waals surface area contributed by atoms with Crippen molar-refractivity contribution in [3.63, 3.8) is 0 Å². The summed E-state index contributed by atoms with van der Waals surface area (Å²) < 4.78 is 16.3. The second-order valence-corrected chi connectivity index (χ2v) is 4.60. The van der Waals surface area contributed by atoms with Gasteiger partial charge in [-0.1, -0.05) is 12.1 Å². The number of aryl methyl sites for hydroxylation is 1. The lowest BCUT2D eigenvalue weighted by Gasteiger charge is -2.28. The molecule has 0 spiro atoms. The number of hydrogen-bond donors (Lipinski definition) is 1. The normalized spacial score (nSPS) is 24.3. The summed E-state index contributed by atoms with van der Waals surface area (Å²) in [5.74, 6) is 1.29. The molecule has 0 saturated carbocycles. The van der Waals surface area contributed by atoms with E-state index in [0.717, 1.165) is 25.9 Å². The maximum atomic E-state index is 5.72. The van der Waals surface area contributed by atoms with E-state index in [4.69, 9.17) is 14.0 Å². The van der Waals surface area contributed by atoms with Gasteiger partial charge in [-0.3, -0.25) is 0 Å². The molecule has 18 heavy (non-hydrogen) atoms. The molecule has 1 aromatic rings. The molecule has 1 saturated heterocycles. The number of nitrogens with zero attached hydrogens (tertiary/aromatic N) is 2. The summed E-state index contributed by atoms with van der Waals surface area (Å²) in [4.78, 5) is 4.24. The standard InChI is InChI=1S/C12H21N3O3/c1-3-4-12-14-11(15-18-12)8-16-7-10-6-13-5-9(2)17-10/h9-10,13H,3-8H2,1-2H3. The van der Waals surface area contributed by atoms with Crippen LogP contribution in [0.2, 0.25) is 0 Å².